The number of rotatable bonds is 0. The molecule has 2 heteroatoms. The van der Waals surface area contributed by atoms with E-state index in [0.29, 0.717) is 0 Å². The van der Waals surface area contributed by atoms with Crippen LogP contribution in [-0.4, -0.2) is 26.0 Å². The summed E-state index contributed by atoms with van der Waals surface area (Å²) in [4.78, 5) is 2.00. The van der Waals surface area contributed by atoms with Crippen molar-refractivity contribution in [3.8, 4) is 0 Å². The molecule has 2 aliphatic rings. The second-order valence-corrected chi connectivity index (χ2v) is 5.59. The molecule has 1 fully saturated rings. The molecule has 0 heterocycles. The van der Waals surface area contributed by atoms with Crippen LogP contribution in [0.2, 0.25) is 4.22 Å². The molecule has 0 aromatic heterocycles. The second-order valence-electron chi connectivity index (χ2n) is 4.50. The van der Waals surface area contributed by atoms with Gasteiger partial charge in [-0.15, -0.1) is 0 Å². The third kappa shape index (κ3) is 3.72. The van der Waals surface area contributed by atoms with E-state index in [1.165, 1.54) is 19.3 Å². The van der Waals surface area contributed by atoms with E-state index >= 15 is 0 Å². The molecule has 2 rings (SSSR count). The number of nitrogens with zero attached hydrogens (tertiary/aromatic N) is 1. The first kappa shape index (κ1) is 12.2. The van der Waals surface area contributed by atoms with Crippen molar-refractivity contribution in [2.45, 2.75) is 23.5 Å². The number of hydrogen-bond acceptors (Lipinski definition) is 1. The van der Waals surface area contributed by atoms with Gasteiger partial charge in [0.25, 0.3) is 0 Å². The van der Waals surface area contributed by atoms with Crippen LogP contribution < -0.4 is 0 Å². The van der Waals surface area contributed by atoms with Crippen LogP contribution in [0.1, 0.15) is 19.3 Å². The minimum absolute atomic E-state index is 0.870. The average molecular weight is 226 g/mol. The quantitative estimate of drug-likeness (QED) is 0.574. The Morgan fingerprint density at radius 1 is 1.29 bits per heavy atom. The van der Waals surface area contributed by atoms with Gasteiger partial charge < -0.3 is 4.90 Å². The second kappa shape index (κ2) is 5.90. The van der Waals surface area contributed by atoms with Crippen LogP contribution in [0.3, 0.4) is 0 Å². The molecule has 77 valence electrons. The van der Waals surface area contributed by atoms with Crippen LogP contribution in [0.4, 0.5) is 0 Å². The molecule has 2 atom stereocenters. The fourth-order valence-electron chi connectivity index (χ4n) is 1.91. The van der Waals surface area contributed by atoms with Crippen LogP contribution in [0, 0.1) is 5.92 Å². The third-order valence-electron chi connectivity index (χ3n) is 2.52. The van der Waals surface area contributed by atoms with E-state index in [1.807, 2.05) is 26.0 Å². The Morgan fingerprint density at radius 3 is 2.50 bits per heavy atom. The van der Waals surface area contributed by atoms with Gasteiger partial charge in [-0.3, -0.25) is 0 Å². The van der Waals surface area contributed by atoms with E-state index in [1.54, 1.807) is 5.57 Å². The van der Waals surface area contributed by atoms with E-state index in [-0.39, 0.29) is 0 Å². The molecule has 1 saturated carbocycles. The Morgan fingerprint density at radius 2 is 1.93 bits per heavy atom. The van der Waals surface area contributed by atoms with Gasteiger partial charge in [-0.05, 0) is 21.1 Å². The van der Waals surface area contributed by atoms with Gasteiger partial charge in [-0.1, -0.05) is 0 Å². The fourth-order valence-corrected chi connectivity index (χ4v) is 2.69. The van der Waals surface area contributed by atoms with Crippen molar-refractivity contribution >= 4 is 0 Å². The van der Waals surface area contributed by atoms with Gasteiger partial charge >= 0.3 is 73.6 Å². The summed E-state index contributed by atoms with van der Waals surface area (Å²) in [7, 11) is 6.00. The summed E-state index contributed by atoms with van der Waals surface area (Å²) in [6.07, 6.45) is 11.0. The molecule has 0 saturated heterocycles. The summed E-state index contributed by atoms with van der Waals surface area (Å²) >= 11 is 2.35. The molecule has 0 N–H and O–H groups in total. The molecule has 2 aliphatic carbocycles. The van der Waals surface area contributed by atoms with Crippen LogP contribution in [-0.2, 0) is 20.4 Å². The van der Waals surface area contributed by atoms with E-state index in [4.69, 9.17) is 0 Å². The normalized spacial score (nSPS) is 29.2. The topological polar surface area (TPSA) is 3.24 Å². The van der Waals surface area contributed by atoms with Crippen LogP contribution >= 0.6 is 0 Å². The van der Waals surface area contributed by atoms with Crippen LogP contribution in [0.5, 0.6) is 0 Å². The molecule has 14 heavy (non-hydrogen) atoms. The molecule has 1 nitrogen and oxygen atoms in total. The van der Waals surface area contributed by atoms with Gasteiger partial charge in [-0.25, -0.2) is 0 Å². The summed E-state index contributed by atoms with van der Waals surface area (Å²) < 4.78 is 0.870. The van der Waals surface area contributed by atoms with Crippen molar-refractivity contribution in [2.24, 2.45) is 5.92 Å². The number of allylic oxidation sites excluding steroid dienone is 4. The van der Waals surface area contributed by atoms with E-state index < -0.39 is 0 Å². The molecular weight excluding hydrogens is 206 g/mol. The molecule has 0 aliphatic heterocycles. The zero-order chi connectivity index (χ0) is 10.6. The fraction of sp³-hybridized carbons (Fsp3) is 0.667. The summed E-state index contributed by atoms with van der Waals surface area (Å²) in [6.45, 7) is 0. The van der Waals surface area contributed by atoms with E-state index in [9.17, 15) is 0 Å². The molecule has 0 aromatic carbocycles. The van der Waals surface area contributed by atoms with Gasteiger partial charge in [-0.2, -0.15) is 0 Å². The predicted molar refractivity (Wildman–Crippen MR) is 57.9 cm³/mol. The molecule has 0 spiro atoms. The Bertz CT molecular complexity index is 228. The van der Waals surface area contributed by atoms with E-state index in [0.717, 1.165) is 10.1 Å². The molecular formula is C12H20NTi. The van der Waals surface area contributed by atoms with Gasteiger partial charge in [0.15, 0.2) is 0 Å². The van der Waals surface area contributed by atoms with Crippen molar-refractivity contribution in [3.05, 3.63) is 23.8 Å². The number of hydrogen-bond donors (Lipinski definition) is 0. The van der Waals surface area contributed by atoms with E-state index in [2.05, 4.69) is 38.7 Å². The monoisotopic (exact) mass is 226 g/mol. The first-order valence-electron chi connectivity index (χ1n) is 5.30. The standard InChI is InChI=1S/C9H11.C3H9N.Ti/c1-2-5-9-7-3-6-8(9)4-1;1-4(2)3;/h1-2,4,6,9H,3,5,7H2;1-3H3;. The van der Waals surface area contributed by atoms with Gasteiger partial charge in [0.1, 0.15) is 0 Å². The summed E-state index contributed by atoms with van der Waals surface area (Å²) in [6, 6.07) is 0. The van der Waals surface area contributed by atoms with Gasteiger partial charge in [0, 0.05) is 0 Å². The summed E-state index contributed by atoms with van der Waals surface area (Å²) in [5, 5.41) is 0. The molecule has 2 unspecified atom stereocenters. The summed E-state index contributed by atoms with van der Waals surface area (Å²) in [5.41, 5.74) is 1.71. The molecule has 0 aromatic rings. The van der Waals surface area contributed by atoms with Crippen molar-refractivity contribution in [3.63, 3.8) is 0 Å². The van der Waals surface area contributed by atoms with Crippen LogP contribution in [0.25, 0.3) is 0 Å². The Kier molecular flexibility index (Phi) is 5.15. The van der Waals surface area contributed by atoms with Gasteiger partial charge in [0.2, 0.25) is 0 Å². The number of fused-ring (bicyclic) bond motifs is 1. The molecule has 0 amide bonds. The SMILES string of the molecule is CN(C)C.[Ti][CH]1CCC2CC=CC=C12. The molecule has 0 bridgehead atoms. The minimum atomic E-state index is 0.870. The van der Waals surface area contributed by atoms with Crippen molar-refractivity contribution in [1.82, 2.24) is 4.90 Å². The molecule has 0 radical (unpaired) electrons. The zero-order valence-electron chi connectivity index (χ0n) is 9.46. The predicted octanol–water partition coefficient (Wildman–Crippen LogP) is 2.80. The Hall–Kier alpha value is 0.154. The maximum absolute atomic E-state index is 2.35. The zero-order valence-corrected chi connectivity index (χ0v) is 11.0. The average Bonchev–Trinajstić information content (AvgIpc) is 2.48. The summed E-state index contributed by atoms with van der Waals surface area (Å²) in [5.74, 6) is 0.917. The van der Waals surface area contributed by atoms with Crippen LogP contribution in [0.15, 0.2) is 23.8 Å². The van der Waals surface area contributed by atoms with Crippen molar-refractivity contribution in [1.29, 1.82) is 0 Å². The van der Waals surface area contributed by atoms with Crippen molar-refractivity contribution < 1.29 is 20.4 Å². The first-order valence-corrected chi connectivity index (χ1v) is 6.20. The first-order chi connectivity index (χ1) is 6.61. The third-order valence-corrected chi connectivity index (χ3v) is 3.49. The Balaban J connectivity index is 0.000000213. The van der Waals surface area contributed by atoms with Gasteiger partial charge in [0.05, 0.1) is 0 Å². The van der Waals surface area contributed by atoms with Crippen molar-refractivity contribution in [2.75, 3.05) is 21.1 Å². The maximum atomic E-state index is 2.35. The Labute approximate surface area is 99.7 Å².